The molecule has 0 atom stereocenters. The van der Waals surface area contributed by atoms with Crippen molar-refractivity contribution >= 4 is 22.5 Å². The van der Waals surface area contributed by atoms with E-state index >= 15 is 0 Å². The average Bonchev–Trinajstić information content (AvgIpc) is 2.61. The summed E-state index contributed by atoms with van der Waals surface area (Å²) in [7, 11) is 0. The number of nitrogens with zero attached hydrogens (tertiary/aromatic N) is 2. The van der Waals surface area contributed by atoms with E-state index in [2.05, 4.69) is 4.98 Å². The molecular formula is C22H24N2O3. The van der Waals surface area contributed by atoms with Gasteiger partial charge in [0, 0.05) is 23.7 Å². The van der Waals surface area contributed by atoms with Crippen molar-refractivity contribution in [2.75, 3.05) is 11.4 Å². The summed E-state index contributed by atoms with van der Waals surface area (Å²) in [6.07, 6.45) is 0. The number of aromatic hydroxyl groups is 2. The van der Waals surface area contributed by atoms with Gasteiger partial charge in [-0.1, -0.05) is 32.0 Å². The van der Waals surface area contributed by atoms with Gasteiger partial charge in [-0.2, -0.15) is 0 Å². The van der Waals surface area contributed by atoms with Crippen LogP contribution in [0.5, 0.6) is 11.5 Å². The zero-order valence-electron chi connectivity index (χ0n) is 16.0. The molecule has 0 saturated heterocycles. The quantitative estimate of drug-likeness (QED) is 0.701. The molecule has 1 amide bonds. The van der Waals surface area contributed by atoms with Crippen LogP contribution in [-0.4, -0.2) is 27.6 Å². The molecule has 3 aromatic rings. The third-order valence-corrected chi connectivity index (χ3v) is 4.67. The van der Waals surface area contributed by atoms with Crippen LogP contribution in [0.1, 0.15) is 48.3 Å². The van der Waals surface area contributed by atoms with Gasteiger partial charge >= 0.3 is 0 Å². The van der Waals surface area contributed by atoms with E-state index in [9.17, 15) is 15.0 Å². The Morgan fingerprint density at radius 3 is 2.48 bits per heavy atom. The van der Waals surface area contributed by atoms with Crippen LogP contribution in [0.4, 0.5) is 5.69 Å². The second kappa shape index (κ2) is 7.27. The van der Waals surface area contributed by atoms with Crippen LogP contribution in [0.15, 0.2) is 42.5 Å². The minimum Gasteiger partial charge on any atom is -0.508 e. The molecule has 0 saturated carbocycles. The van der Waals surface area contributed by atoms with Gasteiger partial charge in [0.25, 0.3) is 5.91 Å². The second-order valence-electron chi connectivity index (χ2n) is 6.93. The van der Waals surface area contributed by atoms with Crippen molar-refractivity contribution in [3.8, 4) is 11.5 Å². The number of phenols is 2. The molecule has 0 radical (unpaired) electrons. The Kier molecular flexibility index (Phi) is 5.04. The fourth-order valence-corrected chi connectivity index (χ4v) is 3.31. The van der Waals surface area contributed by atoms with Crippen LogP contribution in [0.3, 0.4) is 0 Å². The molecule has 0 bridgehead atoms. The largest absolute Gasteiger partial charge is 0.508 e. The smallest absolute Gasteiger partial charge is 0.262 e. The summed E-state index contributed by atoms with van der Waals surface area (Å²) in [6.45, 7) is 8.07. The number of amides is 1. The van der Waals surface area contributed by atoms with Gasteiger partial charge in [0.15, 0.2) is 0 Å². The Morgan fingerprint density at radius 2 is 1.81 bits per heavy atom. The van der Waals surface area contributed by atoms with Crippen molar-refractivity contribution in [3.63, 3.8) is 0 Å². The maximum absolute atomic E-state index is 13.3. The van der Waals surface area contributed by atoms with Crippen molar-refractivity contribution in [2.45, 2.75) is 33.6 Å². The lowest BCUT2D eigenvalue weighted by molar-refractivity contribution is 0.0986. The number of benzene rings is 2. The number of carbonyl (C=O) groups excluding carboxylic acids is 1. The summed E-state index contributed by atoms with van der Waals surface area (Å²) in [5, 5.41) is 21.2. The number of anilines is 1. The molecule has 1 aromatic heterocycles. The summed E-state index contributed by atoms with van der Waals surface area (Å²) in [5.74, 6) is -0.522. The molecule has 0 aliphatic heterocycles. The van der Waals surface area contributed by atoms with E-state index in [1.807, 2.05) is 58.0 Å². The summed E-state index contributed by atoms with van der Waals surface area (Å²) < 4.78 is 0. The number of aromatic nitrogens is 1. The standard InChI is InChI=1S/C22H24N2O3/c1-5-24(19-10-14(4)23-18-9-7-6-8-15(18)19)22(27)17-11-16(13(2)3)20(25)12-21(17)26/h6-13,25-26H,5H2,1-4H3. The fourth-order valence-electron chi connectivity index (χ4n) is 3.31. The third-order valence-electron chi connectivity index (χ3n) is 4.67. The molecule has 2 N–H and O–H groups in total. The van der Waals surface area contributed by atoms with Crippen LogP contribution < -0.4 is 4.90 Å². The first-order valence-corrected chi connectivity index (χ1v) is 9.07. The maximum Gasteiger partial charge on any atom is 0.262 e. The molecular weight excluding hydrogens is 340 g/mol. The first-order chi connectivity index (χ1) is 12.8. The Labute approximate surface area is 158 Å². The predicted molar refractivity (Wildman–Crippen MR) is 108 cm³/mol. The summed E-state index contributed by atoms with van der Waals surface area (Å²) >= 11 is 0. The molecule has 3 rings (SSSR count). The zero-order valence-corrected chi connectivity index (χ0v) is 16.0. The van der Waals surface area contributed by atoms with Crippen molar-refractivity contribution < 1.29 is 15.0 Å². The molecule has 0 unspecified atom stereocenters. The third kappa shape index (κ3) is 3.45. The lowest BCUT2D eigenvalue weighted by Gasteiger charge is -2.24. The highest BCUT2D eigenvalue weighted by Gasteiger charge is 2.23. The Morgan fingerprint density at radius 1 is 1.11 bits per heavy atom. The zero-order chi connectivity index (χ0) is 19.7. The van der Waals surface area contributed by atoms with Crippen LogP contribution in [-0.2, 0) is 0 Å². The first-order valence-electron chi connectivity index (χ1n) is 9.07. The Hall–Kier alpha value is -3.08. The molecule has 5 heteroatoms. The van der Waals surface area contributed by atoms with Gasteiger partial charge in [0.2, 0.25) is 0 Å². The number of fused-ring (bicyclic) bond motifs is 1. The van der Waals surface area contributed by atoms with E-state index in [4.69, 9.17) is 0 Å². The van der Waals surface area contributed by atoms with Crippen LogP contribution in [0.2, 0.25) is 0 Å². The molecule has 5 nitrogen and oxygen atoms in total. The lowest BCUT2D eigenvalue weighted by Crippen LogP contribution is -2.31. The molecule has 0 aliphatic rings. The number of hydrogen-bond acceptors (Lipinski definition) is 4. The number of hydrogen-bond donors (Lipinski definition) is 2. The SMILES string of the molecule is CCN(C(=O)c1cc(C(C)C)c(O)cc1O)c1cc(C)nc2ccccc12. The number of aryl methyl sites for hydroxylation is 1. The monoisotopic (exact) mass is 364 g/mol. The summed E-state index contributed by atoms with van der Waals surface area (Å²) in [4.78, 5) is 19.5. The number of pyridine rings is 1. The van der Waals surface area contributed by atoms with Gasteiger partial charge in [0.1, 0.15) is 11.5 Å². The first kappa shape index (κ1) is 18.7. The minimum atomic E-state index is -0.312. The Balaban J connectivity index is 2.15. The average molecular weight is 364 g/mol. The molecule has 2 aromatic carbocycles. The molecule has 1 heterocycles. The van der Waals surface area contributed by atoms with Crippen molar-refractivity contribution in [1.29, 1.82) is 0 Å². The van der Waals surface area contributed by atoms with Crippen LogP contribution in [0.25, 0.3) is 10.9 Å². The van der Waals surface area contributed by atoms with E-state index in [-0.39, 0.29) is 28.9 Å². The van der Waals surface area contributed by atoms with Crippen LogP contribution >= 0.6 is 0 Å². The van der Waals surface area contributed by atoms with E-state index in [0.717, 1.165) is 22.3 Å². The second-order valence-corrected chi connectivity index (χ2v) is 6.93. The van der Waals surface area contributed by atoms with Gasteiger partial charge < -0.3 is 15.1 Å². The van der Waals surface area contributed by atoms with Crippen molar-refractivity contribution in [3.05, 3.63) is 59.3 Å². The molecule has 0 fully saturated rings. The Bertz CT molecular complexity index is 1010. The van der Waals surface area contributed by atoms with Gasteiger partial charge in [-0.15, -0.1) is 0 Å². The number of para-hydroxylation sites is 1. The fraction of sp³-hybridized carbons (Fsp3) is 0.273. The van der Waals surface area contributed by atoms with Gasteiger partial charge in [0.05, 0.1) is 16.8 Å². The highest BCUT2D eigenvalue weighted by molar-refractivity contribution is 6.11. The van der Waals surface area contributed by atoms with Crippen molar-refractivity contribution in [2.24, 2.45) is 0 Å². The van der Waals surface area contributed by atoms with E-state index in [1.165, 1.54) is 6.07 Å². The molecule has 0 aliphatic carbocycles. The highest BCUT2D eigenvalue weighted by atomic mass is 16.3. The number of rotatable bonds is 4. The van der Waals surface area contributed by atoms with E-state index in [1.54, 1.807) is 11.0 Å². The normalized spacial score (nSPS) is 11.1. The maximum atomic E-state index is 13.3. The summed E-state index contributed by atoms with van der Waals surface area (Å²) in [6, 6.07) is 12.4. The highest BCUT2D eigenvalue weighted by Crippen LogP contribution is 2.34. The minimum absolute atomic E-state index is 0.00713. The number of carbonyl (C=O) groups is 1. The van der Waals surface area contributed by atoms with Crippen molar-refractivity contribution in [1.82, 2.24) is 4.98 Å². The lowest BCUT2D eigenvalue weighted by atomic mass is 9.98. The molecule has 0 spiro atoms. The van der Waals surface area contributed by atoms with Gasteiger partial charge in [-0.25, -0.2) is 0 Å². The topological polar surface area (TPSA) is 73.7 Å². The summed E-state index contributed by atoms with van der Waals surface area (Å²) in [5.41, 5.74) is 3.19. The molecule has 27 heavy (non-hydrogen) atoms. The van der Waals surface area contributed by atoms with E-state index in [0.29, 0.717) is 12.1 Å². The van der Waals surface area contributed by atoms with E-state index < -0.39 is 0 Å². The number of phenolic OH excluding ortho intramolecular Hbond substituents is 2. The molecule has 140 valence electrons. The predicted octanol–water partition coefficient (Wildman–Crippen LogP) is 4.74. The van der Waals surface area contributed by atoms with Crippen LogP contribution in [0, 0.1) is 6.92 Å². The van der Waals surface area contributed by atoms with Gasteiger partial charge in [-0.3, -0.25) is 9.78 Å². The van der Waals surface area contributed by atoms with Gasteiger partial charge in [-0.05, 0) is 43.5 Å².